The fourth-order valence-electron chi connectivity index (χ4n) is 3.58. The Morgan fingerprint density at radius 3 is 2.59 bits per heavy atom. The van der Waals surface area contributed by atoms with Gasteiger partial charge in [0.15, 0.2) is 5.65 Å². The Morgan fingerprint density at radius 2 is 1.90 bits per heavy atom. The number of nitrogens with zero attached hydrogens (tertiary/aromatic N) is 4. The van der Waals surface area contributed by atoms with Gasteiger partial charge in [-0.15, -0.1) is 0 Å². The maximum Gasteiger partial charge on any atom is 0.165 e. The molecule has 0 N–H and O–H groups in total. The molecule has 0 fully saturated rings. The molecule has 0 aliphatic rings. The van der Waals surface area contributed by atoms with Gasteiger partial charge in [-0.05, 0) is 37.5 Å². The zero-order valence-corrected chi connectivity index (χ0v) is 18.5. The Labute approximate surface area is 181 Å². The Bertz CT molecular complexity index is 957. The van der Waals surface area contributed by atoms with Crippen LogP contribution in [0.25, 0.3) is 16.9 Å². The molecule has 0 spiro atoms. The SMILES string of the molecule is CCCCCN(CCCF)c1c(CC)nc2c(-c3ccc(Cl)cc3Cl)nccn12. The van der Waals surface area contributed by atoms with Crippen LogP contribution in [-0.4, -0.2) is 34.1 Å². The first-order valence-electron chi connectivity index (χ1n) is 10.2. The van der Waals surface area contributed by atoms with Crippen LogP contribution >= 0.6 is 23.2 Å². The number of fused-ring (bicyclic) bond motifs is 1. The summed E-state index contributed by atoms with van der Waals surface area (Å²) in [5.41, 5.74) is 3.25. The van der Waals surface area contributed by atoms with Crippen LogP contribution in [0.15, 0.2) is 30.6 Å². The molecule has 2 aromatic heterocycles. The smallest absolute Gasteiger partial charge is 0.165 e. The standard InChI is InChI=1S/C22H27Cl2FN4/c1-3-5-6-12-28(13-7-10-25)22-19(4-2)27-21-20(26-11-14-29(21)22)17-9-8-16(23)15-18(17)24/h8-9,11,14-15H,3-7,10,12-13H2,1-2H3. The van der Waals surface area contributed by atoms with Crippen molar-refractivity contribution < 1.29 is 4.39 Å². The monoisotopic (exact) mass is 436 g/mol. The maximum absolute atomic E-state index is 13.0. The van der Waals surface area contributed by atoms with Crippen molar-refractivity contribution in [1.82, 2.24) is 14.4 Å². The second kappa shape index (κ2) is 10.3. The third-order valence-corrected chi connectivity index (χ3v) is 5.55. The minimum absolute atomic E-state index is 0.324. The second-order valence-corrected chi connectivity index (χ2v) is 7.91. The molecule has 0 amide bonds. The highest BCUT2D eigenvalue weighted by Gasteiger charge is 2.21. The molecule has 156 valence electrons. The number of aryl methyl sites for hydroxylation is 1. The van der Waals surface area contributed by atoms with Crippen LogP contribution in [0.4, 0.5) is 10.2 Å². The minimum Gasteiger partial charge on any atom is -0.356 e. The van der Waals surface area contributed by atoms with Crippen LogP contribution in [0.2, 0.25) is 10.0 Å². The van der Waals surface area contributed by atoms with Gasteiger partial charge in [-0.2, -0.15) is 0 Å². The van der Waals surface area contributed by atoms with Crippen molar-refractivity contribution in [3.8, 4) is 11.3 Å². The third kappa shape index (κ3) is 4.84. The predicted molar refractivity (Wildman–Crippen MR) is 120 cm³/mol. The molecule has 0 aliphatic carbocycles. The zero-order chi connectivity index (χ0) is 20.8. The van der Waals surface area contributed by atoms with E-state index in [0.717, 1.165) is 55.0 Å². The minimum atomic E-state index is -0.324. The Morgan fingerprint density at radius 1 is 1.10 bits per heavy atom. The summed E-state index contributed by atoms with van der Waals surface area (Å²) in [7, 11) is 0. The number of anilines is 1. The third-order valence-electron chi connectivity index (χ3n) is 5.00. The summed E-state index contributed by atoms with van der Waals surface area (Å²) in [4.78, 5) is 11.7. The molecule has 0 unspecified atom stereocenters. The normalized spacial score (nSPS) is 11.3. The summed E-state index contributed by atoms with van der Waals surface area (Å²) in [5.74, 6) is 1.03. The van der Waals surface area contributed by atoms with Gasteiger partial charge in [0, 0.05) is 36.1 Å². The average Bonchev–Trinajstić information content (AvgIpc) is 3.09. The van der Waals surface area contributed by atoms with E-state index in [4.69, 9.17) is 28.2 Å². The molecule has 7 heteroatoms. The van der Waals surface area contributed by atoms with Crippen LogP contribution in [-0.2, 0) is 6.42 Å². The van der Waals surface area contributed by atoms with E-state index in [2.05, 4.69) is 28.1 Å². The van der Waals surface area contributed by atoms with Gasteiger partial charge in [0.2, 0.25) is 0 Å². The number of halogens is 3. The van der Waals surface area contributed by atoms with Crippen molar-refractivity contribution in [2.45, 2.75) is 46.0 Å². The molecule has 3 rings (SSSR count). The van der Waals surface area contributed by atoms with Gasteiger partial charge in [-0.25, -0.2) is 4.98 Å². The summed E-state index contributed by atoms with van der Waals surface area (Å²) in [6, 6.07) is 5.39. The molecule has 2 heterocycles. The van der Waals surface area contributed by atoms with E-state index in [0.29, 0.717) is 28.7 Å². The topological polar surface area (TPSA) is 33.4 Å². The molecule has 3 aromatic rings. The Hall–Kier alpha value is -1.85. The molecule has 4 nitrogen and oxygen atoms in total. The second-order valence-electron chi connectivity index (χ2n) is 7.07. The lowest BCUT2D eigenvalue weighted by molar-refractivity contribution is 0.469. The average molecular weight is 437 g/mol. The molecule has 0 aliphatic heterocycles. The van der Waals surface area contributed by atoms with Crippen molar-refractivity contribution in [3.05, 3.63) is 46.3 Å². The highest BCUT2D eigenvalue weighted by Crippen LogP contribution is 2.34. The van der Waals surface area contributed by atoms with Gasteiger partial charge in [-0.3, -0.25) is 13.8 Å². The number of hydrogen-bond donors (Lipinski definition) is 0. The number of rotatable bonds is 10. The Balaban J connectivity index is 2.12. The predicted octanol–water partition coefficient (Wildman–Crippen LogP) is 6.62. The molecule has 0 bridgehead atoms. The molecule has 0 radical (unpaired) electrons. The van der Waals surface area contributed by atoms with Crippen molar-refractivity contribution in [3.63, 3.8) is 0 Å². The first-order chi connectivity index (χ1) is 14.1. The van der Waals surface area contributed by atoms with Crippen molar-refractivity contribution in [2.24, 2.45) is 0 Å². The van der Waals surface area contributed by atoms with Crippen LogP contribution in [0.1, 0.15) is 45.2 Å². The Kier molecular flexibility index (Phi) is 7.73. The van der Waals surface area contributed by atoms with Crippen molar-refractivity contribution in [1.29, 1.82) is 0 Å². The fourth-order valence-corrected chi connectivity index (χ4v) is 4.08. The molecular formula is C22H27Cl2FN4. The number of unbranched alkanes of at least 4 members (excludes halogenated alkanes) is 2. The summed E-state index contributed by atoms with van der Waals surface area (Å²) in [5, 5.41) is 1.12. The molecular weight excluding hydrogens is 410 g/mol. The summed E-state index contributed by atoms with van der Waals surface area (Å²) in [6.45, 7) is 5.50. The lowest BCUT2D eigenvalue weighted by atomic mass is 10.1. The molecule has 0 saturated carbocycles. The van der Waals surface area contributed by atoms with Gasteiger partial charge < -0.3 is 4.90 Å². The summed E-state index contributed by atoms with van der Waals surface area (Å²) < 4.78 is 15.0. The molecule has 29 heavy (non-hydrogen) atoms. The van der Waals surface area contributed by atoms with Gasteiger partial charge in [0.25, 0.3) is 0 Å². The van der Waals surface area contributed by atoms with Crippen LogP contribution in [0.5, 0.6) is 0 Å². The van der Waals surface area contributed by atoms with Gasteiger partial charge >= 0.3 is 0 Å². The number of alkyl halides is 1. The van der Waals surface area contributed by atoms with E-state index in [9.17, 15) is 4.39 Å². The molecule has 0 saturated heterocycles. The van der Waals surface area contributed by atoms with Crippen LogP contribution in [0.3, 0.4) is 0 Å². The van der Waals surface area contributed by atoms with E-state index >= 15 is 0 Å². The van der Waals surface area contributed by atoms with E-state index in [1.807, 2.05) is 12.3 Å². The number of benzene rings is 1. The maximum atomic E-state index is 13.0. The van der Waals surface area contributed by atoms with Gasteiger partial charge in [0.05, 0.1) is 17.4 Å². The van der Waals surface area contributed by atoms with E-state index in [1.54, 1.807) is 18.3 Å². The summed E-state index contributed by atoms with van der Waals surface area (Å²) in [6.07, 6.45) is 8.34. The number of hydrogen-bond acceptors (Lipinski definition) is 3. The fraction of sp³-hybridized carbons (Fsp3) is 0.455. The van der Waals surface area contributed by atoms with Crippen molar-refractivity contribution >= 4 is 34.7 Å². The largest absolute Gasteiger partial charge is 0.356 e. The lowest BCUT2D eigenvalue weighted by Crippen LogP contribution is -2.28. The summed E-state index contributed by atoms with van der Waals surface area (Å²) >= 11 is 12.5. The lowest BCUT2D eigenvalue weighted by Gasteiger charge is -2.25. The van der Waals surface area contributed by atoms with E-state index in [-0.39, 0.29) is 6.67 Å². The van der Waals surface area contributed by atoms with Crippen molar-refractivity contribution in [2.75, 3.05) is 24.7 Å². The van der Waals surface area contributed by atoms with Crippen LogP contribution < -0.4 is 4.90 Å². The highest BCUT2D eigenvalue weighted by atomic mass is 35.5. The van der Waals surface area contributed by atoms with Gasteiger partial charge in [0.1, 0.15) is 11.5 Å². The van der Waals surface area contributed by atoms with E-state index in [1.165, 1.54) is 0 Å². The van der Waals surface area contributed by atoms with Gasteiger partial charge in [-0.1, -0.05) is 49.9 Å². The van der Waals surface area contributed by atoms with Crippen LogP contribution in [0, 0.1) is 0 Å². The molecule has 0 atom stereocenters. The first kappa shape index (κ1) is 21.8. The number of aromatic nitrogens is 3. The molecule has 1 aromatic carbocycles. The zero-order valence-electron chi connectivity index (χ0n) is 17.0. The number of imidazole rings is 1. The van der Waals surface area contributed by atoms with E-state index < -0.39 is 0 Å². The highest BCUT2D eigenvalue weighted by molar-refractivity contribution is 6.36. The quantitative estimate of drug-likeness (QED) is 0.334. The first-order valence-corrected chi connectivity index (χ1v) is 11.0.